The maximum absolute atomic E-state index is 12.4. The fourth-order valence-corrected chi connectivity index (χ4v) is 2.94. The van der Waals surface area contributed by atoms with E-state index in [1.807, 2.05) is 36.1 Å². The molecule has 0 saturated carbocycles. The summed E-state index contributed by atoms with van der Waals surface area (Å²) in [5.74, 6) is 0.865. The summed E-state index contributed by atoms with van der Waals surface area (Å²) in [7, 11) is 0. The number of nitrogens with zero attached hydrogens (tertiary/aromatic N) is 3. The molecule has 1 aliphatic rings. The predicted molar refractivity (Wildman–Crippen MR) is 87.5 cm³/mol. The lowest BCUT2D eigenvalue weighted by molar-refractivity contribution is 0.0741. The number of aromatic amines is 1. The molecule has 3 rings (SSSR count). The Labute approximate surface area is 134 Å². The van der Waals surface area contributed by atoms with Gasteiger partial charge in [-0.2, -0.15) is 0 Å². The molecule has 0 unspecified atom stereocenters. The van der Waals surface area contributed by atoms with Gasteiger partial charge in [0.05, 0.1) is 16.9 Å². The summed E-state index contributed by atoms with van der Waals surface area (Å²) in [6, 6.07) is 7.82. The van der Waals surface area contributed by atoms with Gasteiger partial charge in [-0.3, -0.25) is 4.79 Å². The standard InChI is InChI=1S/C16H19ClN4O/c1-2-15-18-11-13(19-15)16(22)21-9-7-20(8-10-21)14-6-4-3-5-12(14)17/h3-6,11H,2,7-10H2,1H3,(H,18,19). The maximum Gasteiger partial charge on any atom is 0.272 e. The van der Waals surface area contributed by atoms with Crippen molar-refractivity contribution < 1.29 is 4.79 Å². The molecular weight excluding hydrogens is 300 g/mol. The fourth-order valence-electron chi connectivity index (χ4n) is 2.68. The highest BCUT2D eigenvalue weighted by Crippen LogP contribution is 2.26. The predicted octanol–water partition coefficient (Wildman–Crippen LogP) is 2.59. The van der Waals surface area contributed by atoms with Crippen LogP contribution >= 0.6 is 11.6 Å². The van der Waals surface area contributed by atoms with Gasteiger partial charge in [0.25, 0.3) is 5.91 Å². The van der Waals surface area contributed by atoms with E-state index in [1.165, 1.54) is 0 Å². The molecule has 2 heterocycles. The van der Waals surface area contributed by atoms with Crippen LogP contribution in [0.25, 0.3) is 0 Å². The molecule has 1 aromatic carbocycles. The number of nitrogens with one attached hydrogen (secondary N) is 1. The number of imidazole rings is 1. The summed E-state index contributed by atoms with van der Waals surface area (Å²) in [6.45, 7) is 4.94. The van der Waals surface area contributed by atoms with E-state index in [2.05, 4.69) is 14.9 Å². The largest absolute Gasteiger partial charge is 0.367 e. The van der Waals surface area contributed by atoms with Crippen LogP contribution < -0.4 is 4.90 Å². The number of aryl methyl sites for hydroxylation is 1. The molecule has 1 aromatic heterocycles. The number of hydrogen-bond acceptors (Lipinski definition) is 3. The van der Waals surface area contributed by atoms with E-state index in [0.29, 0.717) is 18.8 Å². The third-order valence-electron chi connectivity index (χ3n) is 3.95. The molecule has 6 heteroatoms. The highest BCUT2D eigenvalue weighted by molar-refractivity contribution is 6.33. The number of amides is 1. The lowest BCUT2D eigenvalue weighted by Gasteiger charge is -2.36. The molecule has 1 fully saturated rings. The van der Waals surface area contributed by atoms with Gasteiger partial charge in [-0.25, -0.2) is 4.98 Å². The second-order valence-electron chi connectivity index (χ2n) is 5.33. The van der Waals surface area contributed by atoms with Crippen molar-refractivity contribution in [3.63, 3.8) is 0 Å². The summed E-state index contributed by atoms with van der Waals surface area (Å²) >= 11 is 6.24. The number of hydrogen-bond donors (Lipinski definition) is 1. The first-order valence-electron chi connectivity index (χ1n) is 7.51. The molecule has 5 nitrogen and oxygen atoms in total. The number of halogens is 1. The van der Waals surface area contributed by atoms with Crippen LogP contribution in [0.1, 0.15) is 23.2 Å². The molecule has 2 aromatic rings. The molecule has 0 atom stereocenters. The van der Waals surface area contributed by atoms with Gasteiger partial charge in [0.2, 0.25) is 0 Å². The monoisotopic (exact) mass is 318 g/mol. The van der Waals surface area contributed by atoms with E-state index < -0.39 is 0 Å². The molecule has 116 valence electrons. The Kier molecular flexibility index (Phi) is 4.34. The zero-order valence-corrected chi connectivity index (χ0v) is 13.3. The van der Waals surface area contributed by atoms with Gasteiger partial charge < -0.3 is 14.8 Å². The quantitative estimate of drug-likeness (QED) is 0.946. The van der Waals surface area contributed by atoms with Crippen molar-refractivity contribution in [2.24, 2.45) is 0 Å². The third-order valence-corrected chi connectivity index (χ3v) is 4.27. The van der Waals surface area contributed by atoms with Crippen molar-refractivity contribution in [1.29, 1.82) is 0 Å². The smallest absolute Gasteiger partial charge is 0.272 e. The van der Waals surface area contributed by atoms with Gasteiger partial charge in [0.1, 0.15) is 11.5 Å². The van der Waals surface area contributed by atoms with Gasteiger partial charge in [-0.1, -0.05) is 30.7 Å². The molecule has 1 N–H and O–H groups in total. The first-order chi connectivity index (χ1) is 10.7. The number of para-hydroxylation sites is 1. The lowest BCUT2D eigenvalue weighted by atomic mass is 10.2. The topological polar surface area (TPSA) is 52.2 Å². The maximum atomic E-state index is 12.4. The number of anilines is 1. The first-order valence-corrected chi connectivity index (χ1v) is 7.89. The zero-order chi connectivity index (χ0) is 15.5. The minimum atomic E-state index is 0.0195. The van der Waals surface area contributed by atoms with Gasteiger partial charge in [0, 0.05) is 32.6 Å². The molecule has 0 bridgehead atoms. The highest BCUT2D eigenvalue weighted by atomic mass is 35.5. The number of aromatic nitrogens is 2. The van der Waals surface area contributed by atoms with Crippen molar-refractivity contribution in [1.82, 2.24) is 14.9 Å². The van der Waals surface area contributed by atoms with Gasteiger partial charge >= 0.3 is 0 Å². The van der Waals surface area contributed by atoms with E-state index in [4.69, 9.17) is 11.6 Å². The Bertz CT molecular complexity index is 662. The van der Waals surface area contributed by atoms with Crippen LogP contribution in [0.5, 0.6) is 0 Å². The minimum absolute atomic E-state index is 0.0195. The number of benzene rings is 1. The van der Waals surface area contributed by atoms with Gasteiger partial charge in [0.15, 0.2) is 0 Å². The molecular formula is C16H19ClN4O. The van der Waals surface area contributed by atoms with Crippen LogP contribution in [-0.4, -0.2) is 47.0 Å². The number of piperazine rings is 1. The number of carbonyl (C=O) groups is 1. The molecule has 0 spiro atoms. The summed E-state index contributed by atoms with van der Waals surface area (Å²) in [5, 5.41) is 0.753. The Balaban J connectivity index is 1.64. The van der Waals surface area contributed by atoms with Crippen LogP contribution in [0.3, 0.4) is 0 Å². The zero-order valence-electron chi connectivity index (χ0n) is 12.6. The summed E-state index contributed by atoms with van der Waals surface area (Å²) < 4.78 is 0. The highest BCUT2D eigenvalue weighted by Gasteiger charge is 2.24. The van der Waals surface area contributed by atoms with E-state index >= 15 is 0 Å². The number of carbonyl (C=O) groups excluding carboxylic acids is 1. The van der Waals surface area contributed by atoms with E-state index in [9.17, 15) is 4.79 Å². The van der Waals surface area contributed by atoms with Crippen LogP contribution in [0.2, 0.25) is 5.02 Å². The van der Waals surface area contributed by atoms with Gasteiger partial charge in [-0.15, -0.1) is 0 Å². The number of rotatable bonds is 3. The molecule has 1 amide bonds. The van der Waals surface area contributed by atoms with Gasteiger partial charge in [-0.05, 0) is 12.1 Å². The molecule has 0 aliphatic carbocycles. The molecule has 1 saturated heterocycles. The molecule has 0 radical (unpaired) electrons. The van der Waals surface area contributed by atoms with Crippen molar-refractivity contribution in [3.05, 3.63) is 47.0 Å². The average molecular weight is 319 g/mol. The van der Waals surface area contributed by atoms with E-state index in [-0.39, 0.29) is 5.91 Å². The summed E-state index contributed by atoms with van der Waals surface area (Å²) in [4.78, 5) is 23.8. The van der Waals surface area contributed by atoms with Crippen LogP contribution in [0.15, 0.2) is 30.5 Å². The third kappa shape index (κ3) is 2.95. The van der Waals surface area contributed by atoms with Crippen LogP contribution in [-0.2, 0) is 6.42 Å². The van der Waals surface area contributed by atoms with E-state index in [1.54, 1.807) is 6.20 Å². The molecule has 1 aliphatic heterocycles. The minimum Gasteiger partial charge on any atom is -0.367 e. The second-order valence-corrected chi connectivity index (χ2v) is 5.73. The van der Waals surface area contributed by atoms with E-state index in [0.717, 1.165) is 36.0 Å². The molecule has 22 heavy (non-hydrogen) atoms. The average Bonchev–Trinajstić information content (AvgIpc) is 3.04. The van der Waals surface area contributed by atoms with Crippen molar-refractivity contribution in [2.45, 2.75) is 13.3 Å². The normalized spacial score (nSPS) is 15.2. The summed E-state index contributed by atoms with van der Waals surface area (Å²) in [6.07, 6.45) is 2.43. The SMILES string of the molecule is CCc1ncc(C(=O)N2CCN(c3ccccc3Cl)CC2)[nH]1. The lowest BCUT2D eigenvalue weighted by Crippen LogP contribution is -2.49. The second kappa shape index (κ2) is 6.40. The Morgan fingerprint density at radius 1 is 1.27 bits per heavy atom. The Morgan fingerprint density at radius 2 is 2.00 bits per heavy atom. The van der Waals surface area contributed by atoms with Crippen molar-refractivity contribution >= 4 is 23.2 Å². The fraction of sp³-hybridized carbons (Fsp3) is 0.375. The number of H-pyrrole nitrogens is 1. The van der Waals surface area contributed by atoms with Crippen molar-refractivity contribution in [2.75, 3.05) is 31.1 Å². The van der Waals surface area contributed by atoms with Crippen molar-refractivity contribution in [3.8, 4) is 0 Å². The van der Waals surface area contributed by atoms with Crippen LogP contribution in [0, 0.1) is 0 Å². The summed E-state index contributed by atoms with van der Waals surface area (Å²) in [5.41, 5.74) is 1.61. The Morgan fingerprint density at radius 3 is 2.64 bits per heavy atom. The van der Waals surface area contributed by atoms with Crippen LogP contribution in [0.4, 0.5) is 5.69 Å². The Hall–Kier alpha value is -2.01. The first kappa shape index (κ1) is 14.9.